The van der Waals surface area contributed by atoms with Gasteiger partial charge in [-0.1, -0.05) is 13.3 Å². The fourth-order valence-electron chi connectivity index (χ4n) is 1.75. The maximum Gasteiger partial charge on any atom is 0.331 e. The largest absolute Gasteiger partial charge is 0.497 e. The second kappa shape index (κ2) is 10.3. The van der Waals surface area contributed by atoms with Crippen LogP contribution in [0.1, 0.15) is 25.3 Å². The topological polar surface area (TPSA) is 73.9 Å². The number of carbonyl (C=O) groups excluding carboxylic acids is 2. The van der Waals surface area contributed by atoms with Crippen molar-refractivity contribution < 1.29 is 23.8 Å². The molecule has 0 aliphatic rings. The standard InChI is InChI=1S/C17H23NO5/c1-4-5-10-18-16(19)12-23-17(20)9-7-13-6-8-14(21-2)11-15(13)22-3/h6-9,11H,4-5,10,12H2,1-3H3,(H,18,19)/b9-7+. The lowest BCUT2D eigenvalue weighted by Crippen LogP contribution is -2.29. The summed E-state index contributed by atoms with van der Waals surface area (Å²) in [6.07, 6.45) is 4.71. The van der Waals surface area contributed by atoms with Gasteiger partial charge in [0.15, 0.2) is 6.61 Å². The minimum absolute atomic E-state index is 0.285. The van der Waals surface area contributed by atoms with Crippen LogP contribution in [0.4, 0.5) is 0 Å². The summed E-state index contributed by atoms with van der Waals surface area (Å²) >= 11 is 0. The first-order valence-corrected chi connectivity index (χ1v) is 7.44. The molecule has 0 aliphatic carbocycles. The van der Waals surface area contributed by atoms with E-state index in [2.05, 4.69) is 5.32 Å². The molecule has 0 aromatic heterocycles. The van der Waals surface area contributed by atoms with Gasteiger partial charge in [0.1, 0.15) is 11.5 Å². The van der Waals surface area contributed by atoms with Crippen LogP contribution in [0, 0.1) is 0 Å². The Labute approximate surface area is 136 Å². The predicted molar refractivity (Wildman–Crippen MR) is 87.5 cm³/mol. The van der Waals surface area contributed by atoms with Crippen molar-refractivity contribution in [2.24, 2.45) is 0 Å². The first-order chi connectivity index (χ1) is 11.1. The average molecular weight is 321 g/mol. The van der Waals surface area contributed by atoms with Gasteiger partial charge in [0.05, 0.1) is 14.2 Å². The van der Waals surface area contributed by atoms with Crippen molar-refractivity contribution in [3.8, 4) is 11.5 Å². The Morgan fingerprint density at radius 2 is 2.00 bits per heavy atom. The van der Waals surface area contributed by atoms with Gasteiger partial charge < -0.3 is 19.5 Å². The lowest BCUT2D eigenvalue weighted by Gasteiger charge is -2.07. The van der Waals surface area contributed by atoms with Crippen LogP contribution in [0.3, 0.4) is 0 Å². The van der Waals surface area contributed by atoms with E-state index in [4.69, 9.17) is 14.2 Å². The zero-order valence-corrected chi connectivity index (χ0v) is 13.8. The van der Waals surface area contributed by atoms with Crippen LogP contribution >= 0.6 is 0 Å². The summed E-state index contributed by atoms with van der Waals surface area (Å²) in [5.41, 5.74) is 0.706. The van der Waals surface area contributed by atoms with Crippen LogP contribution in [-0.4, -0.2) is 39.2 Å². The van der Waals surface area contributed by atoms with Gasteiger partial charge in [-0.3, -0.25) is 4.79 Å². The summed E-state index contributed by atoms with van der Waals surface area (Å²) in [6.45, 7) is 2.34. The number of benzene rings is 1. The molecule has 0 heterocycles. The van der Waals surface area contributed by atoms with Gasteiger partial charge in [-0.2, -0.15) is 0 Å². The normalized spacial score (nSPS) is 10.4. The molecule has 1 rings (SSSR count). The summed E-state index contributed by atoms with van der Waals surface area (Å²) in [4.78, 5) is 23.0. The van der Waals surface area contributed by atoms with Crippen LogP contribution in [0.2, 0.25) is 0 Å². The summed E-state index contributed by atoms with van der Waals surface area (Å²) in [6, 6.07) is 5.24. The SMILES string of the molecule is CCCCNC(=O)COC(=O)/C=C/c1ccc(OC)cc1OC. The van der Waals surface area contributed by atoms with Gasteiger partial charge in [-0.25, -0.2) is 4.79 Å². The number of methoxy groups -OCH3 is 2. The zero-order valence-electron chi connectivity index (χ0n) is 13.8. The van der Waals surface area contributed by atoms with Gasteiger partial charge in [-0.15, -0.1) is 0 Å². The van der Waals surface area contributed by atoms with Crippen molar-refractivity contribution in [1.29, 1.82) is 0 Å². The maximum absolute atomic E-state index is 11.6. The quantitative estimate of drug-likeness (QED) is 0.429. The van der Waals surface area contributed by atoms with Crippen molar-refractivity contribution >= 4 is 18.0 Å². The third-order valence-electron chi connectivity index (χ3n) is 3.04. The van der Waals surface area contributed by atoms with E-state index in [-0.39, 0.29) is 12.5 Å². The van der Waals surface area contributed by atoms with Crippen LogP contribution in [-0.2, 0) is 14.3 Å². The molecule has 0 aliphatic heterocycles. The number of hydrogen-bond donors (Lipinski definition) is 1. The third kappa shape index (κ3) is 6.86. The molecule has 1 amide bonds. The summed E-state index contributed by atoms with van der Waals surface area (Å²) < 4.78 is 15.2. The molecule has 0 atom stereocenters. The molecule has 6 nitrogen and oxygen atoms in total. The van der Waals surface area contributed by atoms with Crippen molar-refractivity contribution in [3.63, 3.8) is 0 Å². The molecule has 0 saturated heterocycles. The molecule has 0 saturated carbocycles. The van der Waals surface area contributed by atoms with Gasteiger partial charge in [0.2, 0.25) is 0 Å². The highest BCUT2D eigenvalue weighted by atomic mass is 16.5. The minimum atomic E-state index is -0.589. The number of ether oxygens (including phenoxy) is 3. The van der Waals surface area contributed by atoms with Crippen LogP contribution in [0.5, 0.6) is 11.5 Å². The van der Waals surface area contributed by atoms with E-state index >= 15 is 0 Å². The van der Waals surface area contributed by atoms with Crippen LogP contribution < -0.4 is 14.8 Å². The van der Waals surface area contributed by atoms with Crippen molar-refractivity contribution in [1.82, 2.24) is 5.32 Å². The van der Waals surface area contributed by atoms with E-state index in [1.54, 1.807) is 31.4 Å². The molecule has 126 valence electrons. The molecule has 1 aromatic rings. The fourth-order valence-corrected chi connectivity index (χ4v) is 1.75. The Hall–Kier alpha value is -2.50. The van der Waals surface area contributed by atoms with Crippen molar-refractivity contribution in [2.75, 3.05) is 27.4 Å². The van der Waals surface area contributed by atoms with E-state index in [9.17, 15) is 9.59 Å². The number of carbonyl (C=O) groups is 2. The average Bonchev–Trinajstić information content (AvgIpc) is 2.58. The van der Waals surface area contributed by atoms with E-state index in [0.717, 1.165) is 12.8 Å². The number of nitrogens with one attached hydrogen (secondary N) is 1. The molecule has 0 spiro atoms. The lowest BCUT2D eigenvalue weighted by molar-refractivity contribution is -0.143. The molecule has 0 bridgehead atoms. The Kier molecular flexibility index (Phi) is 8.28. The summed E-state index contributed by atoms with van der Waals surface area (Å²) in [7, 11) is 3.10. The van der Waals surface area contributed by atoms with Crippen LogP contribution in [0.25, 0.3) is 6.08 Å². The number of unbranched alkanes of at least 4 members (excludes halogenated alkanes) is 1. The molecular formula is C17H23NO5. The Morgan fingerprint density at radius 3 is 2.65 bits per heavy atom. The van der Waals surface area contributed by atoms with Crippen molar-refractivity contribution in [3.05, 3.63) is 29.8 Å². The molecule has 23 heavy (non-hydrogen) atoms. The second-order valence-electron chi connectivity index (χ2n) is 4.75. The highest BCUT2D eigenvalue weighted by Crippen LogP contribution is 2.25. The van der Waals surface area contributed by atoms with Gasteiger partial charge in [0.25, 0.3) is 5.91 Å². The molecule has 1 aromatic carbocycles. The molecule has 1 N–H and O–H groups in total. The molecule has 0 fully saturated rings. The zero-order chi connectivity index (χ0) is 17.1. The smallest absolute Gasteiger partial charge is 0.331 e. The number of amides is 1. The second-order valence-corrected chi connectivity index (χ2v) is 4.75. The van der Waals surface area contributed by atoms with E-state index in [1.807, 2.05) is 6.92 Å². The number of hydrogen-bond acceptors (Lipinski definition) is 5. The lowest BCUT2D eigenvalue weighted by atomic mass is 10.2. The van der Waals surface area contributed by atoms with Crippen molar-refractivity contribution in [2.45, 2.75) is 19.8 Å². The van der Waals surface area contributed by atoms with E-state index < -0.39 is 5.97 Å². The third-order valence-corrected chi connectivity index (χ3v) is 3.04. The molecular weight excluding hydrogens is 298 g/mol. The highest BCUT2D eigenvalue weighted by Gasteiger charge is 2.06. The van der Waals surface area contributed by atoms with Gasteiger partial charge in [0, 0.05) is 24.3 Å². The first-order valence-electron chi connectivity index (χ1n) is 7.44. The maximum atomic E-state index is 11.6. The first kappa shape index (κ1) is 18.5. The Morgan fingerprint density at radius 1 is 1.22 bits per heavy atom. The molecule has 0 unspecified atom stereocenters. The van der Waals surface area contributed by atoms with Gasteiger partial charge >= 0.3 is 5.97 Å². The predicted octanol–water partition coefficient (Wildman–Crippen LogP) is 2.18. The van der Waals surface area contributed by atoms with E-state index in [0.29, 0.717) is 23.6 Å². The fraction of sp³-hybridized carbons (Fsp3) is 0.412. The number of rotatable bonds is 9. The minimum Gasteiger partial charge on any atom is -0.497 e. The number of esters is 1. The van der Waals surface area contributed by atoms with E-state index in [1.165, 1.54) is 13.2 Å². The van der Waals surface area contributed by atoms with Crippen LogP contribution in [0.15, 0.2) is 24.3 Å². The highest BCUT2D eigenvalue weighted by molar-refractivity contribution is 5.89. The monoisotopic (exact) mass is 321 g/mol. The Bertz CT molecular complexity index is 554. The van der Waals surface area contributed by atoms with Gasteiger partial charge in [-0.05, 0) is 24.6 Å². The molecule has 6 heteroatoms. The summed E-state index contributed by atoms with van der Waals surface area (Å²) in [5.74, 6) is 0.340. The molecule has 0 radical (unpaired) electrons. The summed E-state index contributed by atoms with van der Waals surface area (Å²) in [5, 5.41) is 2.67. The Balaban J connectivity index is 2.50.